The van der Waals surface area contributed by atoms with Crippen LogP contribution in [0.25, 0.3) is 10.9 Å². The van der Waals surface area contributed by atoms with Gasteiger partial charge in [-0.3, -0.25) is 0 Å². The van der Waals surface area contributed by atoms with Crippen molar-refractivity contribution in [1.29, 1.82) is 0 Å². The summed E-state index contributed by atoms with van der Waals surface area (Å²) in [5, 5.41) is 1.29. The van der Waals surface area contributed by atoms with Crippen molar-refractivity contribution in [2.75, 3.05) is 13.7 Å². The molecule has 0 bridgehead atoms. The molecule has 0 spiro atoms. The molecule has 1 fully saturated rings. The van der Waals surface area contributed by atoms with Crippen LogP contribution in [0.3, 0.4) is 0 Å². The fraction of sp³-hybridized carbons (Fsp3) is 0.263. The summed E-state index contributed by atoms with van der Waals surface area (Å²) in [5.74, 6) is 0.783. The fourth-order valence-electron chi connectivity index (χ4n) is 3.33. The number of rotatable bonds is 6. The van der Waals surface area contributed by atoms with Crippen molar-refractivity contribution in [3.63, 3.8) is 0 Å². The van der Waals surface area contributed by atoms with Crippen LogP contribution in [0.5, 0.6) is 5.75 Å². The molecule has 1 aliphatic carbocycles. The van der Waals surface area contributed by atoms with Crippen LogP contribution in [-0.4, -0.2) is 27.1 Å². The largest absolute Gasteiger partial charge is 0.497 e. The second kappa shape index (κ2) is 6.30. The lowest BCUT2D eigenvalue weighted by Gasteiger charge is -2.16. The number of sulfonamides is 1. The van der Waals surface area contributed by atoms with Crippen molar-refractivity contribution < 1.29 is 13.2 Å². The number of ether oxygens (including phenoxy) is 1. The molecule has 0 amide bonds. The van der Waals surface area contributed by atoms with Crippen molar-refractivity contribution in [3.8, 4) is 5.75 Å². The van der Waals surface area contributed by atoms with Gasteiger partial charge in [0.1, 0.15) is 10.6 Å². The molecule has 0 aliphatic heterocycles. The van der Waals surface area contributed by atoms with Crippen molar-refractivity contribution in [1.82, 2.24) is 9.71 Å². The average molecular weight is 391 g/mol. The van der Waals surface area contributed by atoms with Gasteiger partial charge in [-0.25, -0.2) is 13.1 Å². The zero-order chi connectivity index (χ0) is 18.4. The standard InChI is InChI=1S/C19H19ClN2O3S/c1-25-13-6-7-17-14(10-13)15(11-21-17)19(8-9-19)12-22-26(23,24)18-5-3-2-4-16(18)20/h2-7,10-11,21-22H,8-9,12H2,1H3. The van der Waals surface area contributed by atoms with Gasteiger partial charge in [0, 0.05) is 29.1 Å². The number of halogens is 1. The Bertz CT molecular complexity index is 1070. The van der Waals surface area contributed by atoms with Gasteiger partial charge in [-0.1, -0.05) is 23.7 Å². The molecule has 4 rings (SSSR count). The Morgan fingerprint density at radius 1 is 1.23 bits per heavy atom. The maximum atomic E-state index is 12.6. The van der Waals surface area contributed by atoms with Gasteiger partial charge in [0.15, 0.2) is 0 Å². The number of fused-ring (bicyclic) bond motifs is 1. The van der Waals surface area contributed by atoms with Crippen LogP contribution in [0.1, 0.15) is 18.4 Å². The number of benzene rings is 2. The first-order valence-corrected chi connectivity index (χ1v) is 10.2. The van der Waals surface area contributed by atoms with Crippen molar-refractivity contribution in [3.05, 3.63) is 59.2 Å². The van der Waals surface area contributed by atoms with E-state index in [9.17, 15) is 8.42 Å². The van der Waals surface area contributed by atoms with E-state index in [1.807, 2.05) is 24.4 Å². The SMILES string of the molecule is COc1ccc2[nH]cc(C3(CNS(=O)(=O)c4ccccc4Cl)CC3)c2c1. The molecule has 5 nitrogen and oxygen atoms in total. The van der Waals surface area contributed by atoms with E-state index in [4.69, 9.17) is 16.3 Å². The molecule has 0 atom stereocenters. The summed E-state index contributed by atoms with van der Waals surface area (Å²) in [5.41, 5.74) is 1.94. The van der Waals surface area contributed by atoms with Crippen LogP contribution in [0.4, 0.5) is 0 Å². The lowest BCUT2D eigenvalue weighted by atomic mass is 9.95. The van der Waals surface area contributed by atoms with E-state index < -0.39 is 10.0 Å². The van der Waals surface area contributed by atoms with Crippen LogP contribution in [-0.2, 0) is 15.4 Å². The van der Waals surface area contributed by atoms with E-state index in [0.717, 1.165) is 35.1 Å². The number of H-pyrrole nitrogens is 1. The van der Waals surface area contributed by atoms with Gasteiger partial charge < -0.3 is 9.72 Å². The third kappa shape index (κ3) is 2.98. The molecule has 0 unspecified atom stereocenters. The van der Waals surface area contributed by atoms with Gasteiger partial charge >= 0.3 is 0 Å². The van der Waals surface area contributed by atoms with E-state index in [1.54, 1.807) is 25.3 Å². The Hall–Kier alpha value is -2.02. The molecule has 26 heavy (non-hydrogen) atoms. The molecule has 1 aliphatic rings. The second-order valence-corrected chi connectivity index (χ2v) is 8.79. The Labute approximate surface area is 157 Å². The number of methoxy groups -OCH3 is 1. The van der Waals surface area contributed by atoms with E-state index >= 15 is 0 Å². The minimum Gasteiger partial charge on any atom is -0.497 e. The highest BCUT2D eigenvalue weighted by atomic mass is 35.5. The second-order valence-electron chi connectivity index (χ2n) is 6.65. The maximum absolute atomic E-state index is 12.6. The Morgan fingerprint density at radius 2 is 2.00 bits per heavy atom. The molecule has 1 saturated carbocycles. The predicted molar refractivity (Wildman–Crippen MR) is 102 cm³/mol. The number of hydrogen-bond donors (Lipinski definition) is 2. The van der Waals surface area contributed by atoms with Gasteiger partial charge in [0.2, 0.25) is 10.0 Å². The quantitative estimate of drug-likeness (QED) is 0.671. The Kier molecular flexibility index (Phi) is 4.22. The number of nitrogens with one attached hydrogen (secondary N) is 2. The summed E-state index contributed by atoms with van der Waals surface area (Å²) in [6, 6.07) is 12.3. The molecular formula is C19H19ClN2O3S. The number of aromatic nitrogens is 1. The molecule has 3 aromatic rings. The first kappa shape index (κ1) is 17.4. The molecular weight excluding hydrogens is 372 g/mol. The first-order chi connectivity index (χ1) is 12.5. The van der Waals surface area contributed by atoms with Crippen LogP contribution < -0.4 is 9.46 Å². The summed E-state index contributed by atoms with van der Waals surface area (Å²) >= 11 is 6.05. The number of hydrogen-bond acceptors (Lipinski definition) is 3. The lowest BCUT2D eigenvalue weighted by Crippen LogP contribution is -2.32. The summed E-state index contributed by atoms with van der Waals surface area (Å²) < 4.78 is 33.3. The van der Waals surface area contributed by atoms with E-state index in [2.05, 4.69) is 9.71 Å². The summed E-state index contributed by atoms with van der Waals surface area (Å²) in [6.45, 7) is 0.338. The predicted octanol–water partition coefficient (Wildman–Crippen LogP) is 3.84. The monoisotopic (exact) mass is 390 g/mol. The molecule has 2 aromatic carbocycles. The first-order valence-electron chi connectivity index (χ1n) is 8.35. The van der Waals surface area contributed by atoms with E-state index in [0.29, 0.717) is 6.54 Å². The third-order valence-electron chi connectivity index (χ3n) is 5.04. The lowest BCUT2D eigenvalue weighted by molar-refractivity contribution is 0.415. The topological polar surface area (TPSA) is 71.2 Å². The normalized spacial score (nSPS) is 15.9. The van der Waals surface area contributed by atoms with E-state index in [-0.39, 0.29) is 15.3 Å². The molecule has 2 N–H and O–H groups in total. The van der Waals surface area contributed by atoms with Gasteiger partial charge in [-0.2, -0.15) is 0 Å². The molecule has 1 heterocycles. The smallest absolute Gasteiger partial charge is 0.242 e. The minimum absolute atomic E-state index is 0.109. The summed E-state index contributed by atoms with van der Waals surface area (Å²) in [6.07, 6.45) is 3.84. The van der Waals surface area contributed by atoms with Crippen molar-refractivity contribution in [2.45, 2.75) is 23.2 Å². The van der Waals surface area contributed by atoms with Gasteiger partial charge in [0.05, 0.1) is 12.1 Å². The average Bonchev–Trinajstić information content (AvgIpc) is 3.31. The van der Waals surface area contributed by atoms with Gasteiger partial charge in [0.25, 0.3) is 0 Å². The van der Waals surface area contributed by atoms with Crippen molar-refractivity contribution >= 4 is 32.5 Å². The van der Waals surface area contributed by atoms with Crippen LogP contribution >= 0.6 is 11.6 Å². The van der Waals surface area contributed by atoms with Crippen LogP contribution in [0.15, 0.2) is 53.6 Å². The Balaban J connectivity index is 1.62. The number of aromatic amines is 1. The highest BCUT2D eigenvalue weighted by Crippen LogP contribution is 2.50. The zero-order valence-electron chi connectivity index (χ0n) is 14.3. The molecule has 0 radical (unpaired) electrons. The summed E-state index contributed by atoms with van der Waals surface area (Å²) in [7, 11) is -2.02. The zero-order valence-corrected chi connectivity index (χ0v) is 15.8. The highest BCUT2D eigenvalue weighted by molar-refractivity contribution is 7.89. The van der Waals surface area contributed by atoms with Gasteiger partial charge in [-0.15, -0.1) is 0 Å². The third-order valence-corrected chi connectivity index (χ3v) is 6.94. The van der Waals surface area contributed by atoms with E-state index in [1.165, 1.54) is 6.07 Å². The molecule has 7 heteroatoms. The molecule has 1 aromatic heterocycles. The van der Waals surface area contributed by atoms with Crippen molar-refractivity contribution in [2.24, 2.45) is 0 Å². The van der Waals surface area contributed by atoms with Crippen LogP contribution in [0.2, 0.25) is 5.02 Å². The maximum Gasteiger partial charge on any atom is 0.242 e. The molecule has 0 saturated heterocycles. The fourth-order valence-corrected chi connectivity index (χ4v) is 4.98. The highest BCUT2D eigenvalue weighted by Gasteiger charge is 2.46. The molecule has 136 valence electrons. The van der Waals surface area contributed by atoms with Gasteiger partial charge in [-0.05, 0) is 48.7 Å². The minimum atomic E-state index is -3.66. The summed E-state index contributed by atoms with van der Waals surface area (Å²) in [4.78, 5) is 3.38. The Morgan fingerprint density at radius 3 is 2.69 bits per heavy atom. The van der Waals surface area contributed by atoms with Crippen LogP contribution in [0, 0.1) is 0 Å².